The van der Waals surface area contributed by atoms with Crippen LogP contribution in [0.2, 0.25) is 0 Å². The van der Waals surface area contributed by atoms with Crippen LogP contribution in [0.15, 0.2) is 17.5 Å². The second-order valence-electron chi connectivity index (χ2n) is 3.89. The fraction of sp³-hybridized carbons (Fsp3) is 0.250. The number of rotatable bonds is 3. The Morgan fingerprint density at radius 3 is 2.50 bits per heavy atom. The topological polar surface area (TPSA) is 33.1 Å². The number of halogens is 3. The lowest BCUT2D eigenvalue weighted by molar-refractivity contribution is 0.172. The molecule has 0 aliphatic rings. The molecule has 0 aliphatic heterocycles. The zero-order valence-corrected chi connectivity index (χ0v) is 10.3. The highest BCUT2D eigenvalue weighted by molar-refractivity contribution is 7.09. The van der Waals surface area contributed by atoms with E-state index >= 15 is 0 Å². The minimum atomic E-state index is -1.27. The number of benzene rings is 1. The third kappa shape index (κ3) is 2.70. The molecular weight excluding hydrogens is 263 g/mol. The summed E-state index contributed by atoms with van der Waals surface area (Å²) >= 11 is 1.32. The van der Waals surface area contributed by atoms with Crippen molar-refractivity contribution in [3.05, 3.63) is 51.2 Å². The van der Waals surface area contributed by atoms with Crippen molar-refractivity contribution >= 4 is 11.3 Å². The molecule has 0 saturated heterocycles. The third-order valence-electron chi connectivity index (χ3n) is 2.43. The van der Waals surface area contributed by atoms with Crippen LogP contribution < -0.4 is 0 Å². The van der Waals surface area contributed by atoms with Gasteiger partial charge in [0.2, 0.25) is 0 Å². The fourth-order valence-electron chi connectivity index (χ4n) is 1.57. The molecule has 2 nitrogen and oxygen atoms in total. The molecular formula is C12H10F3NOS. The van der Waals surface area contributed by atoms with Crippen molar-refractivity contribution in [1.29, 1.82) is 0 Å². The lowest BCUT2D eigenvalue weighted by atomic mass is 10.1. The molecule has 1 N–H and O–H groups in total. The molecule has 0 saturated carbocycles. The second-order valence-corrected chi connectivity index (χ2v) is 4.83. The number of nitrogens with zero attached hydrogens (tertiary/aromatic N) is 1. The second kappa shape index (κ2) is 5.07. The van der Waals surface area contributed by atoms with Crippen LogP contribution in [0.3, 0.4) is 0 Å². The number of hydrogen-bond donors (Lipinski definition) is 1. The summed E-state index contributed by atoms with van der Waals surface area (Å²) in [4.78, 5) is 4.11. The number of aryl methyl sites for hydroxylation is 1. The third-order valence-corrected chi connectivity index (χ3v) is 3.42. The van der Waals surface area contributed by atoms with E-state index in [4.69, 9.17) is 0 Å². The fourth-order valence-corrected chi connectivity index (χ4v) is 2.38. The van der Waals surface area contributed by atoms with Crippen molar-refractivity contribution in [2.45, 2.75) is 19.4 Å². The van der Waals surface area contributed by atoms with Crippen molar-refractivity contribution in [2.24, 2.45) is 0 Å². The zero-order valence-electron chi connectivity index (χ0n) is 9.45. The molecule has 1 aromatic carbocycles. The Morgan fingerprint density at radius 2 is 1.89 bits per heavy atom. The average molecular weight is 273 g/mol. The largest absolute Gasteiger partial charge is 0.388 e. The van der Waals surface area contributed by atoms with Gasteiger partial charge in [0, 0.05) is 29.1 Å². The van der Waals surface area contributed by atoms with Gasteiger partial charge in [0.05, 0.1) is 11.1 Å². The summed E-state index contributed by atoms with van der Waals surface area (Å²) in [6.45, 7) is 1.80. The lowest BCUT2D eigenvalue weighted by Crippen LogP contribution is -2.06. The highest BCUT2D eigenvalue weighted by atomic mass is 32.1. The molecule has 1 atom stereocenters. The molecule has 6 heteroatoms. The van der Waals surface area contributed by atoms with Crippen LogP contribution in [0.5, 0.6) is 0 Å². The maximum Gasteiger partial charge on any atom is 0.161 e. The lowest BCUT2D eigenvalue weighted by Gasteiger charge is -2.10. The summed E-state index contributed by atoms with van der Waals surface area (Å²) in [5.74, 6) is -3.41. The molecule has 1 unspecified atom stereocenters. The van der Waals surface area contributed by atoms with Gasteiger partial charge in [-0.3, -0.25) is 0 Å². The maximum absolute atomic E-state index is 13.4. The molecule has 1 aromatic heterocycles. The summed E-state index contributed by atoms with van der Waals surface area (Å²) in [5.41, 5.74) is 0.537. The van der Waals surface area contributed by atoms with Gasteiger partial charge >= 0.3 is 0 Å². The average Bonchev–Trinajstić information content (AvgIpc) is 2.69. The normalized spacial score (nSPS) is 12.7. The number of aliphatic hydroxyl groups is 1. The Balaban J connectivity index is 2.23. The quantitative estimate of drug-likeness (QED) is 0.871. The predicted octanol–water partition coefficient (Wildman–Crippen LogP) is 3.14. The Bertz CT molecular complexity index is 570. The van der Waals surface area contributed by atoms with Crippen LogP contribution in [0.4, 0.5) is 13.2 Å². The SMILES string of the molecule is Cc1csc(CC(O)c2cc(F)c(F)cc2F)n1. The molecule has 2 aromatic rings. The van der Waals surface area contributed by atoms with Crippen LogP contribution in [-0.2, 0) is 6.42 Å². The molecule has 96 valence electrons. The van der Waals surface area contributed by atoms with Crippen LogP contribution >= 0.6 is 11.3 Å². The van der Waals surface area contributed by atoms with Gasteiger partial charge in [-0.1, -0.05) is 0 Å². The van der Waals surface area contributed by atoms with Gasteiger partial charge in [-0.15, -0.1) is 11.3 Å². The minimum Gasteiger partial charge on any atom is -0.388 e. The first-order chi connectivity index (χ1) is 8.47. The van der Waals surface area contributed by atoms with Gasteiger partial charge in [-0.25, -0.2) is 18.2 Å². The summed E-state index contributed by atoms with van der Waals surface area (Å²) in [6, 6.07) is 1.11. The van der Waals surface area contributed by atoms with Gasteiger partial charge in [-0.2, -0.15) is 0 Å². The van der Waals surface area contributed by atoms with Crippen LogP contribution in [0, 0.1) is 24.4 Å². The monoisotopic (exact) mass is 273 g/mol. The van der Waals surface area contributed by atoms with E-state index in [1.165, 1.54) is 11.3 Å². The van der Waals surface area contributed by atoms with Crippen molar-refractivity contribution < 1.29 is 18.3 Å². The van der Waals surface area contributed by atoms with Crippen molar-refractivity contribution in [3.63, 3.8) is 0 Å². The van der Waals surface area contributed by atoms with Gasteiger partial charge in [0.15, 0.2) is 11.6 Å². The number of aromatic nitrogens is 1. The first kappa shape index (κ1) is 13.0. The van der Waals surface area contributed by atoms with Gasteiger partial charge in [-0.05, 0) is 13.0 Å². The molecule has 0 spiro atoms. The predicted molar refractivity (Wildman–Crippen MR) is 61.8 cm³/mol. The number of aliphatic hydroxyl groups excluding tert-OH is 1. The maximum atomic E-state index is 13.4. The van der Waals surface area contributed by atoms with Crippen molar-refractivity contribution in [3.8, 4) is 0 Å². The van der Waals surface area contributed by atoms with E-state index in [9.17, 15) is 18.3 Å². The summed E-state index contributed by atoms with van der Waals surface area (Å²) in [6.07, 6.45) is -1.17. The summed E-state index contributed by atoms with van der Waals surface area (Å²) < 4.78 is 39.1. The van der Waals surface area contributed by atoms with E-state index in [0.717, 1.165) is 5.69 Å². The standard InChI is InChI=1S/C12H10F3NOS/c1-6-5-18-12(16-6)4-11(17)7-2-9(14)10(15)3-8(7)13/h2-3,5,11,17H,4H2,1H3. The highest BCUT2D eigenvalue weighted by Gasteiger charge is 2.18. The molecule has 0 fully saturated rings. The number of hydrogen-bond acceptors (Lipinski definition) is 3. The van der Waals surface area contributed by atoms with E-state index in [0.29, 0.717) is 17.1 Å². The van der Waals surface area contributed by atoms with E-state index < -0.39 is 23.6 Å². The Morgan fingerprint density at radius 1 is 1.22 bits per heavy atom. The Kier molecular flexibility index (Phi) is 3.68. The minimum absolute atomic E-state index is 0.0699. The molecule has 1 heterocycles. The molecule has 0 radical (unpaired) electrons. The van der Waals surface area contributed by atoms with Crippen LogP contribution in [0.25, 0.3) is 0 Å². The van der Waals surface area contributed by atoms with Crippen LogP contribution in [0.1, 0.15) is 22.4 Å². The highest BCUT2D eigenvalue weighted by Crippen LogP contribution is 2.24. The molecule has 0 aliphatic carbocycles. The van der Waals surface area contributed by atoms with E-state index in [1.807, 2.05) is 0 Å². The van der Waals surface area contributed by atoms with Gasteiger partial charge < -0.3 is 5.11 Å². The summed E-state index contributed by atoms with van der Waals surface area (Å²) in [7, 11) is 0. The van der Waals surface area contributed by atoms with Crippen molar-refractivity contribution in [2.75, 3.05) is 0 Å². The zero-order chi connectivity index (χ0) is 13.3. The van der Waals surface area contributed by atoms with Gasteiger partial charge in [0.25, 0.3) is 0 Å². The smallest absolute Gasteiger partial charge is 0.161 e. The van der Waals surface area contributed by atoms with E-state index in [-0.39, 0.29) is 12.0 Å². The van der Waals surface area contributed by atoms with Crippen LogP contribution in [-0.4, -0.2) is 10.1 Å². The number of thiazole rings is 1. The molecule has 18 heavy (non-hydrogen) atoms. The summed E-state index contributed by atoms with van der Waals surface area (Å²) in [5, 5.41) is 12.2. The Labute approximate surface area is 106 Å². The molecule has 2 rings (SSSR count). The first-order valence-corrected chi connectivity index (χ1v) is 6.09. The van der Waals surface area contributed by atoms with E-state index in [2.05, 4.69) is 4.98 Å². The molecule has 0 amide bonds. The van der Waals surface area contributed by atoms with E-state index in [1.54, 1.807) is 12.3 Å². The van der Waals surface area contributed by atoms with Gasteiger partial charge in [0.1, 0.15) is 5.82 Å². The van der Waals surface area contributed by atoms with Crippen molar-refractivity contribution in [1.82, 2.24) is 4.98 Å². The first-order valence-electron chi connectivity index (χ1n) is 5.21. The molecule has 0 bridgehead atoms. The Hall–Kier alpha value is -1.40.